The van der Waals surface area contributed by atoms with Crippen molar-refractivity contribution in [3.05, 3.63) is 23.8 Å². The fraction of sp³-hybridized carbons (Fsp3) is 0.308. The van der Waals surface area contributed by atoms with E-state index in [0.29, 0.717) is 29.5 Å². The van der Waals surface area contributed by atoms with Crippen LogP contribution in [0.4, 0.5) is 0 Å². The number of fused-ring (bicyclic) bond motifs is 1. The van der Waals surface area contributed by atoms with E-state index in [9.17, 15) is 4.79 Å². The Kier molecular flexibility index (Phi) is 2.94. The maximum atomic E-state index is 12.0. The number of carbonyl (C=O) groups is 1. The van der Waals surface area contributed by atoms with Crippen molar-refractivity contribution in [2.45, 2.75) is 13.3 Å². The van der Waals surface area contributed by atoms with Gasteiger partial charge in [0.15, 0.2) is 11.5 Å². The van der Waals surface area contributed by atoms with Gasteiger partial charge in [0.2, 0.25) is 11.9 Å². The summed E-state index contributed by atoms with van der Waals surface area (Å²) in [4.78, 5) is 17.7. The van der Waals surface area contributed by atoms with Gasteiger partial charge < -0.3 is 9.47 Å². The molecule has 0 fully saturated rings. The molecule has 2 heterocycles. The summed E-state index contributed by atoms with van der Waals surface area (Å²) in [5, 5.41) is 0.350. The molecule has 0 atom stereocenters. The summed E-state index contributed by atoms with van der Waals surface area (Å²) in [6, 6.07) is 5.62. The lowest BCUT2D eigenvalue weighted by Gasteiger charge is -2.10. The SMILES string of the molecule is CCN1C(=O)C(Cc2ccc3c(c2)OCO3)=NC1=S. The van der Waals surface area contributed by atoms with Crippen LogP contribution in [0, 0.1) is 0 Å². The van der Waals surface area contributed by atoms with Crippen LogP contribution in [0.15, 0.2) is 23.2 Å². The van der Waals surface area contributed by atoms with E-state index in [1.165, 1.54) is 4.90 Å². The number of ether oxygens (including phenoxy) is 2. The first-order chi connectivity index (χ1) is 9.19. The second kappa shape index (κ2) is 4.62. The molecule has 3 rings (SSSR count). The molecule has 0 aliphatic carbocycles. The van der Waals surface area contributed by atoms with Gasteiger partial charge in [0.1, 0.15) is 5.71 Å². The van der Waals surface area contributed by atoms with Crippen LogP contribution in [0.25, 0.3) is 0 Å². The summed E-state index contributed by atoms with van der Waals surface area (Å²) in [5.74, 6) is 1.33. The number of nitrogens with zero attached hydrogens (tertiary/aromatic N) is 2. The number of benzene rings is 1. The maximum absolute atomic E-state index is 12.0. The first-order valence-electron chi connectivity index (χ1n) is 6.01. The Balaban J connectivity index is 1.81. The Morgan fingerprint density at radius 1 is 1.37 bits per heavy atom. The third-order valence-electron chi connectivity index (χ3n) is 3.08. The molecule has 0 spiro atoms. The highest BCUT2D eigenvalue weighted by Crippen LogP contribution is 2.32. The minimum absolute atomic E-state index is 0.106. The minimum Gasteiger partial charge on any atom is -0.454 e. The van der Waals surface area contributed by atoms with Gasteiger partial charge in [0.05, 0.1) is 0 Å². The third kappa shape index (κ3) is 2.08. The molecule has 0 N–H and O–H groups in total. The summed E-state index contributed by atoms with van der Waals surface area (Å²) in [5.41, 5.74) is 1.43. The van der Waals surface area contributed by atoms with Crippen molar-refractivity contribution < 1.29 is 14.3 Å². The van der Waals surface area contributed by atoms with Crippen LogP contribution >= 0.6 is 12.2 Å². The standard InChI is InChI=1S/C13H12N2O3S/c1-2-15-12(16)9(14-13(15)19)5-8-3-4-10-11(6-8)18-7-17-10/h3-4,6H,2,5,7H2,1H3. The zero-order chi connectivity index (χ0) is 13.4. The highest BCUT2D eigenvalue weighted by molar-refractivity contribution is 7.80. The molecule has 0 unspecified atom stereocenters. The molecular weight excluding hydrogens is 264 g/mol. The van der Waals surface area contributed by atoms with Crippen molar-refractivity contribution in [2.24, 2.45) is 4.99 Å². The molecular formula is C13H12N2O3S. The van der Waals surface area contributed by atoms with Gasteiger partial charge in [0, 0.05) is 13.0 Å². The summed E-state index contributed by atoms with van der Waals surface area (Å²) >= 11 is 5.06. The molecule has 0 radical (unpaired) electrons. The molecule has 2 aliphatic heterocycles. The lowest BCUT2D eigenvalue weighted by Crippen LogP contribution is -2.32. The topological polar surface area (TPSA) is 51.1 Å². The smallest absolute Gasteiger partial charge is 0.274 e. The van der Waals surface area contributed by atoms with Gasteiger partial charge in [-0.3, -0.25) is 9.69 Å². The summed E-state index contributed by atoms with van der Waals surface area (Å²) in [7, 11) is 0. The quantitative estimate of drug-likeness (QED) is 0.786. The van der Waals surface area contributed by atoms with Gasteiger partial charge in [-0.1, -0.05) is 6.07 Å². The van der Waals surface area contributed by atoms with Gasteiger partial charge in [-0.2, -0.15) is 0 Å². The maximum Gasteiger partial charge on any atom is 0.274 e. The van der Waals surface area contributed by atoms with Crippen LogP contribution in [0.1, 0.15) is 12.5 Å². The van der Waals surface area contributed by atoms with E-state index in [-0.39, 0.29) is 12.7 Å². The van der Waals surface area contributed by atoms with E-state index in [1.807, 2.05) is 25.1 Å². The van der Waals surface area contributed by atoms with Crippen LogP contribution in [-0.2, 0) is 11.2 Å². The molecule has 19 heavy (non-hydrogen) atoms. The second-order valence-corrected chi connectivity index (χ2v) is 4.62. The number of rotatable bonds is 3. The highest BCUT2D eigenvalue weighted by Gasteiger charge is 2.29. The number of amides is 1. The predicted molar refractivity (Wildman–Crippen MR) is 73.7 cm³/mol. The normalized spacial score (nSPS) is 17.1. The van der Waals surface area contributed by atoms with Gasteiger partial charge in [-0.25, -0.2) is 4.99 Å². The number of hydrogen-bond donors (Lipinski definition) is 0. The molecule has 0 bridgehead atoms. The number of carbonyl (C=O) groups excluding carboxylic acids is 1. The van der Waals surface area contributed by atoms with Gasteiger partial charge in [-0.15, -0.1) is 0 Å². The van der Waals surface area contributed by atoms with E-state index in [1.54, 1.807) is 0 Å². The highest BCUT2D eigenvalue weighted by atomic mass is 32.1. The predicted octanol–water partition coefficient (Wildman–Crippen LogP) is 1.55. The zero-order valence-corrected chi connectivity index (χ0v) is 11.2. The van der Waals surface area contributed by atoms with Crippen molar-refractivity contribution >= 4 is 28.9 Å². The average Bonchev–Trinajstić information content (AvgIpc) is 2.95. The molecule has 1 aromatic carbocycles. The van der Waals surface area contributed by atoms with Crippen LogP contribution in [0.3, 0.4) is 0 Å². The van der Waals surface area contributed by atoms with E-state index in [0.717, 1.165) is 11.3 Å². The van der Waals surface area contributed by atoms with Crippen molar-refractivity contribution in [3.63, 3.8) is 0 Å². The van der Waals surface area contributed by atoms with Crippen molar-refractivity contribution in [1.29, 1.82) is 0 Å². The number of hydrogen-bond acceptors (Lipinski definition) is 4. The van der Waals surface area contributed by atoms with Crippen molar-refractivity contribution in [3.8, 4) is 11.5 Å². The van der Waals surface area contributed by atoms with E-state index in [4.69, 9.17) is 21.7 Å². The van der Waals surface area contributed by atoms with E-state index in [2.05, 4.69) is 4.99 Å². The first kappa shape index (κ1) is 12.1. The molecule has 98 valence electrons. The number of aliphatic imine (C=N–C) groups is 1. The molecule has 5 nitrogen and oxygen atoms in total. The minimum atomic E-state index is -0.106. The van der Waals surface area contributed by atoms with Gasteiger partial charge in [-0.05, 0) is 36.8 Å². The van der Waals surface area contributed by atoms with Crippen LogP contribution in [-0.4, -0.2) is 35.0 Å². The largest absolute Gasteiger partial charge is 0.454 e. The molecule has 6 heteroatoms. The second-order valence-electron chi connectivity index (χ2n) is 4.25. The van der Waals surface area contributed by atoms with E-state index >= 15 is 0 Å². The van der Waals surface area contributed by atoms with Crippen molar-refractivity contribution in [2.75, 3.05) is 13.3 Å². The lowest BCUT2D eigenvalue weighted by atomic mass is 10.1. The third-order valence-corrected chi connectivity index (χ3v) is 3.39. The lowest BCUT2D eigenvalue weighted by molar-refractivity contribution is -0.119. The van der Waals surface area contributed by atoms with Gasteiger partial charge in [0.25, 0.3) is 5.91 Å². The van der Waals surface area contributed by atoms with Crippen LogP contribution < -0.4 is 9.47 Å². The van der Waals surface area contributed by atoms with Crippen LogP contribution in [0.5, 0.6) is 11.5 Å². The molecule has 1 amide bonds. The molecule has 0 saturated carbocycles. The fourth-order valence-corrected chi connectivity index (χ4v) is 2.43. The molecule has 0 saturated heterocycles. The van der Waals surface area contributed by atoms with Crippen LogP contribution in [0.2, 0.25) is 0 Å². The Hall–Kier alpha value is -1.95. The summed E-state index contributed by atoms with van der Waals surface area (Å²) in [6.45, 7) is 2.67. The monoisotopic (exact) mass is 276 g/mol. The number of thiocarbonyl (C=S) groups is 1. The molecule has 1 aromatic rings. The Morgan fingerprint density at radius 2 is 2.16 bits per heavy atom. The summed E-state index contributed by atoms with van der Waals surface area (Å²) in [6.07, 6.45) is 0.451. The average molecular weight is 276 g/mol. The fourth-order valence-electron chi connectivity index (χ4n) is 2.10. The Bertz CT molecular complexity index is 598. The summed E-state index contributed by atoms with van der Waals surface area (Å²) < 4.78 is 10.6. The van der Waals surface area contributed by atoms with Gasteiger partial charge >= 0.3 is 0 Å². The van der Waals surface area contributed by atoms with Crippen molar-refractivity contribution in [1.82, 2.24) is 4.90 Å². The molecule has 2 aliphatic rings. The van der Waals surface area contributed by atoms with E-state index < -0.39 is 0 Å². The molecule has 0 aromatic heterocycles. The zero-order valence-electron chi connectivity index (χ0n) is 10.4. The first-order valence-corrected chi connectivity index (χ1v) is 6.41. The Labute approximate surface area is 115 Å². The Morgan fingerprint density at radius 3 is 2.89 bits per heavy atom.